The zero-order valence-corrected chi connectivity index (χ0v) is 11.2. The Hall–Kier alpha value is -1.13. The third kappa shape index (κ3) is 2.49. The zero-order chi connectivity index (χ0) is 13.3. The lowest BCUT2D eigenvalue weighted by atomic mass is 10.1. The molecule has 0 bridgehead atoms. The molecule has 0 spiro atoms. The fraction of sp³-hybridized carbons (Fsp3) is 0.462. The van der Waals surface area contributed by atoms with Crippen LogP contribution >= 0.6 is 11.6 Å². The standard InChI is InChI=1S/C13H16ClFN2O/c1-8-5-10(11(14)6-12(8)15)13(18)17-4-3-16-7-9(17)2/h5-6,9,16H,3-4,7H2,1-2H3/t9-/m0/s1. The molecule has 1 heterocycles. The quantitative estimate of drug-likeness (QED) is 0.849. The first kappa shape index (κ1) is 13.3. The highest BCUT2D eigenvalue weighted by atomic mass is 35.5. The van der Waals surface area contributed by atoms with E-state index in [1.165, 1.54) is 12.1 Å². The van der Waals surface area contributed by atoms with Gasteiger partial charge in [0.2, 0.25) is 0 Å². The minimum absolute atomic E-state index is 0.118. The van der Waals surface area contributed by atoms with Crippen molar-refractivity contribution in [2.75, 3.05) is 19.6 Å². The summed E-state index contributed by atoms with van der Waals surface area (Å²) in [6.07, 6.45) is 0. The van der Waals surface area contributed by atoms with E-state index in [4.69, 9.17) is 11.6 Å². The molecule has 5 heteroatoms. The first-order chi connectivity index (χ1) is 8.50. The SMILES string of the molecule is Cc1cc(C(=O)N2CCNC[C@@H]2C)c(Cl)cc1F. The molecule has 0 unspecified atom stereocenters. The van der Waals surface area contributed by atoms with E-state index in [-0.39, 0.29) is 22.8 Å². The van der Waals surface area contributed by atoms with Crippen LogP contribution in [-0.2, 0) is 0 Å². The number of piperazine rings is 1. The Balaban J connectivity index is 2.30. The molecule has 0 aromatic heterocycles. The van der Waals surface area contributed by atoms with Gasteiger partial charge >= 0.3 is 0 Å². The number of benzene rings is 1. The minimum atomic E-state index is -0.384. The first-order valence-electron chi connectivity index (χ1n) is 5.98. The molecule has 0 radical (unpaired) electrons. The number of aryl methyl sites for hydroxylation is 1. The number of amides is 1. The molecule has 1 amide bonds. The van der Waals surface area contributed by atoms with Gasteiger partial charge in [0.05, 0.1) is 10.6 Å². The number of carbonyl (C=O) groups is 1. The van der Waals surface area contributed by atoms with E-state index >= 15 is 0 Å². The summed E-state index contributed by atoms with van der Waals surface area (Å²) >= 11 is 5.96. The van der Waals surface area contributed by atoms with E-state index in [9.17, 15) is 9.18 Å². The Bertz CT molecular complexity index is 478. The second-order valence-electron chi connectivity index (χ2n) is 4.63. The highest BCUT2D eigenvalue weighted by molar-refractivity contribution is 6.33. The van der Waals surface area contributed by atoms with Crippen molar-refractivity contribution in [2.45, 2.75) is 19.9 Å². The lowest BCUT2D eigenvalue weighted by molar-refractivity contribution is 0.0656. The van der Waals surface area contributed by atoms with Gasteiger partial charge in [-0.25, -0.2) is 4.39 Å². The van der Waals surface area contributed by atoms with Crippen molar-refractivity contribution in [3.05, 3.63) is 34.1 Å². The third-order valence-corrected chi connectivity index (χ3v) is 3.55. The van der Waals surface area contributed by atoms with Crippen LogP contribution in [0.4, 0.5) is 4.39 Å². The molecular formula is C13H16ClFN2O. The Morgan fingerprint density at radius 1 is 1.56 bits per heavy atom. The predicted octanol–water partition coefficient (Wildman–Crippen LogP) is 2.22. The molecular weight excluding hydrogens is 255 g/mol. The third-order valence-electron chi connectivity index (χ3n) is 3.24. The van der Waals surface area contributed by atoms with Crippen LogP contribution in [0.15, 0.2) is 12.1 Å². The Kier molecular flexibility index (Phi) is 3.88. The molecule has 1 aliphatic heterocycles. The van der Waals surface area contributed by atoms with Gasteiger partial charge < -0.3 is 10.2 Å². The summed E-state index contributed by atoms with van der Waals surface area (Å²) in [5.41, 5.74) is 0.815. The van der Waals surface area contributed by atoms with Gasteiger partial charge in [0, 0.05) is 25.7 Å². The molecule has 1 atom stereocenters. The van der Waals surface area contributed by atoms with Gasteiger partial charge in [-0.2, -0.15) is 0 Å². The van der Waals surface area contributed by atoms with Crippen molar-refractivity contribution in [3.8, 4) is 0 Å². The van der Waals surface area contributed by atoms with Crippen molar-refractivity contribution in [1.82, 2.24) is 10.2 Å². The molecule has 1 fully saturated rings. The molecule has 1 N–H and O–H groups in total. The fourth-order valence-corrected chi connectivity index (χ4v) is 2.35. The van der Waals surface area contributed by atoms with Crippen molar-refractivity contribution in [1.29, 1.82) is 0 Å². The van der Waals surface area contributed by atoms with Crippen molar-refractivity contribution in [2.24, 2.45) is 0 Å². The van der Waals surface area contributed by atoms with Gasteiger partial charge in [-0.1, -0.05) is 11.6 Å². The second kappa shape index (κ2) is 5.24. The summed E-state index contributed by atoms with van der Waals surface area (Å²) in [4.78, 5) is 14.2. The smallest absolute Gasteiger partial charge is 0.255 e. The molecule has 18 heavy (non-hydrogen) atoms. The van der Waals surface area contributed by atoms with Gasteiger partial charge in [0.25, 0.3) is 5.91 Å². The van der Waals surface area contributed by atoms with Crippen LogP contribution < -0.4 is 5.32 Å². The largest absolute Gasteiger partial charge is 0.333 e. The number of nitrogens with one attached hydrogen (secondary N) is 1. The summed E-state index contributed by atoms with van der Waals surface area (Å²) in [6.45, 7) is 5.79. The minimum Gasteiger partial charge on any atom is -0.333 e. The van der Waals surface area contributed by atoms with Crippen LogP contribution in [0.1, 0.15) is 22.8 Å². The van der Waals surface area contributed by atoms with Crippen LogP contribution in [0, 0.1) is 12.7 Å². The molecule has 98 valence electrons. The van der Waals surface area contributed by atoms with Crippen LogP contribution in [0.25, 0.3) is 0 Å². The maximum Gasteiger partial charge on any atom is 0.255 e. The normalized spacial score (nSPS) is 20.0. The van der Waals surface area contributed by atoms with Crippen LogP contribution in [0.3, 0.4) is 0 Å². The van der Waals surface area contributed by atoms with Crippen molar-refractivity contribution in [3.63, 3.8) is 0 Å². The Morgan fingerprint density at radius 3 is 2.94 bits per heavy atom. The molecule has 1 aliphatic rings. The van der Waals surface area contributed by atoms with Gasteiger partial charge in [-0.05, 0) is 31.5 Å². The number of rotatable bonds is 1. The number of carbonyl (C=O) groups excluding carboxylic acids is 1. The summed E-state index contributed by atoms with van der Waals surface area (Å²) in [5, 5.41) is 3.39. The van der Waals surface area contributed by atoms with E-state index in [1.54, 1.807) is 11.8 Å². The maximum atomic E-state index is 13.3. The van der Waals surface area contributed by atoms with Gasteiger partial charge in [-0.3, -0.25) is 4.79 Å². The molecule has 1 aromatic carbocycles. The summed E-state index contributed by atoms with van der Waals surface area (Å²) in [5.74, 6) is -0.512. The second-order valence-corrected chi connectivity index (χ2v) is 5.04. The molecule has 1 saturated heterocycles. The van der Waals surface area contributed by atoms with Crippen molar-refractivity contribution >= 4 is 17.5 Å². The Labute approximate surface area is 111 Å². The lowest BCUT2D eigenvalue weighted by Gasteiger charge is -2.34. The highest BCUT2D eigenvalue weighted by Gasteiger charge is 2.25. The van der Waals surface area contributed by atoms with Crippen LogP contribution in [-0.4, -0.2) is 36.5 Å². The van der Waals surface area contributed by atoms with E-state index in [0.29, 0.717) is 17.7 Å². The van der Waals surface area contributed by atoms with E-state index in [1.807, 2.05) is 6.92 Å². The zero-order valence-electron chi connectivity index (χ0n) is 10.5. The number of halogens is 2. The molecule has 1 aromatic rings. The van der Waals surface area contributed by atoms with Gasteiger partial charge in [0.15, 0.2) is 0 Å². The maximum absolute atomic E-state index is 13.3. The van der Waals surface area contributed by atoms with E-state index in [2.05, 4.69) is 5.32 Å². The first-order valence-corrected chi connectivity index (χ1v) is 6.36. The van der Waals surface area contributed by atoms with E-state index in [0.717, 1.165) is 13.1 Å². The summed E-state index contributed by atoms with van der Waals surface area (Å²) in [6, 6.07) is 2.85. The average molecular weight is 271 g/mol. The van der Waals surface area contributed by atoms with Crippen LogP contribution in [0.5, 0.6) is 0 Å². The molecule has 0 saturated carbocycles. The highest BCUT2D eigenvalue weighted by Crippen LogP contribution is 2.23. The number of nitrogens with zero attached hydrogens (tertiary/aromatic N) is 1. The molecule has 3 nitrogen and oxygen atoms in total. The average Bonchev–Trinajstić information content (AvgIpc) is 2.33. The summed E-state index contributed by atoms with van der Waals surface area (Å²) < 4.78 is 13.3. The number of hydrogen-bond donors (Lipinski definition) is 1. The topological polar surface area (TPSA) is 32.3 Å². The van der Waals surface area contributed by atoms with Gasteiger partial charge in [-0.15, -0.1) is 0 Å². The summed E-state index contributed by atoms with van der Waals surface area (Å²) in [7, 11) is 0. The molecule has 0 aliphatic carbocycles. The van der Waals surface area contributed by atoms with E-state index < -0.39 is 0 Å². The Morgan fingerprint density at radius 2 is 2.28 bits per heavy atom. The van der Waals surface area contributed by atoms with Crippen LogP contribution in [0.2, 0.25) is 5.02 Å². The van der Waals surface area contributed by atoms with Crippen molar-refractivity contribution < 1.29 is 9.18 Å². The van der Waals surface area contributed by atoms with Gasteiger partial charge in [0.1, 0.15) is 5.82 Å². The molecule has 2 rings (SSSR count). The fourth-order valence-electron chi connectivity index (χ4n) is 2.12. The number of hydrogen-bond acceptors (Lipinski definition) is 2. The lowest BCUT2D eigenvalue weighted by Crippen LogP contribution is -2.52. The monoisotopic (exact) mass is 270 g/mol. The predicted molar refractivity (Wildman–Crippen MR) is 69.5 cm³/mol.